The van der Waals surface area contributed by atoms with Crippen LogP contribution in [0, 0.1) is 27.7 Å². The molecule has 66 heavy (non-hydrogen) atoms. The second-order valence-corrected chi connectivity index (χ2v) is 20.4. The van der Waals surface area contributed by atoms with E-state index in [0.29, 0.717) is 49.7 Å². The average molecular weight is 941 g/mol. The Morgan fingerprint density at radius 3 is 1.26 bits per heavy atom. The summed E-state index contributed by atoms with van der Waals surface area (Å²) in [7, 11) is -3.43. The van der Waals surface area contributed by atoms with E-state index < -0.39 is 32.4 Å². The largest absolute Gasteiger partial charge is 0.493 e. The summed E-state index contributed by atoms with van der Waals surface area (Å²) in [6, 6.07) is 29.5. The molecule has 11 nitrogen and oxygen atoms in total. The van der Waals surface area contributed by atoms with Crippen LogP contribution in [0.4, 0.5) is 17.1 Å². The molecule has 0 saturated carbocycles. The molecule has 3 aromatic carbocycles. The number of fused-ring (bicyclic) bond motifs is 3. The highest BCUT2D eigenvalue weighted by atomic mass is 32.2. The predicted molar refractivity (Wildman–Crippen MR) is 270 cm³/mol. The van der Waals surface area contributed by atoms with Crippen molar-refractivity contribution in [3.8, 4) is 11.5 Å². The number of ether oxygens (including phenoxy) is 2. The van der Waals surface area contributed by atoms with Gasteiger partial charge in [0.05, 0.1) is 97.0 Å². The molecule has 0 amide bonds. The first kappa shape index (κ1) is 48.1. The van der Waals surface area contributed by atoms with Crippen molar-refractivity contribution >= 4 is 64.6 Å². The van der Waals surface area contributed by atoms with E-state index in [1.807, 2.05) is 126 Å². The number of nitrogens with zero attached hydrogens (tertiary/aromatic N) is 6. The minimum atomic E-state index is -1.17. The average Bonchev–Trinajstić information content (AvgIpc) is 4.09. The Morgan fingerprint density at radius 1 is 0.485 bits per heavy atom. The number of benzene rings is 3. The Bertz CT molecular complexity index is 2880. The molecule has 0 bridgehead atoms. The number of hydrogen-bond acceptors (Lipinski definition) is 11. The van der Waals surface area contributed by atoms with Gasteiger partial charge in [0.1, 0.15) is 26.6 Å². The van der Waals surface area contributed by atoms with Gasteiger partial charge in [0.2, 0.25) is 0 Å². The van der Waals surface area contributed by atoms with Crippen LogP contribution in [-0.2, 0) is 68.9 Å². The first-order chi connectivity index (χ1) is 32.0. The van der Waals surface area contributed by atoms with Gasteiger partial charge >= 0.3 is 0 Å². The van der Waals surface area contributed by atoms with Crippen molar-refractivity contribution in [1.29, 1.82) is 0 Å². The summed E-state index contributed by atoms with van der Waals surface area (Å²) in [5, 5.41) is 2.22. The lowest BCUT2D eigenvalue weighted by atomic mass is 10.1. The predicted octanol–water partition coefficient (Wildman–Crippen LogP) is 10.7. The lowest BCUT2D eigenvalue weighted by Gasteiger charge is -2.11. The van der Waals surface area contributed by atoms with Crippen LogP contribution in [0.3, 0.4) is 0 Å². The molecule has 0 fully saturated rings. The van der Waals surface area contributed by atoms with Crippen molar-refractivity contribution in [2.75, 3.05) is 13.2 Å². The second-order valence-electron chi connectivity index (χ2n) is 16.0. The molecule has 3 atom stereocenters. The van der Waals surface area contributed by atoms with Crippen molar-refractivity contribution in [3.63, 3.8) is 0 Å². The van der Waals surface area contributed by atoms with Crippen LogP contribution in [0.15, 0.2) is 125 Å². The van der Waals surface area contributed by atoms with E-state index in [1.165, 1.54) is 5.56 Å². The molecule has 342 valence electrons. The van der Waals surface area contributed by atoms with Crippen molar-refractivity contribution in [3.05, 3.63) is 166 Å². The number of hydrogen-bond donors (Lipinski definition) is 0. The molecule has 0 aliphatic carbocycles. The van der Waals surface area contributed by atoms with E-state index in [2.05, 4.69) is 36.9 Å². The Labute approximate surface area is 395 Å². The van der Waals surface area contributed by atoms with Crippen molar-refractivity contribution in [1.82, 2.24) is 15.0 Å². The number of rotatable bonds is 12. The first-order valence-corrected chi connectivity index (χ1v) is 26.2. The van der Waals surface area contributed by atoms with Gasteiger partial charge in [0, 0.05) is 49.0 Å². The maximum atomic E-state index is 12.7. The minimum Gasteiger partial charge on any atom is -0.493 e. The summed E-state index contributed by atoms with van der Waals surface area (Å²) in [4.78, 5) is 26.6. The molecule has 0 N–H and O–H groups in total. The summed E-state index contributed by atoms with van der Waals surface area (Å²) in [5.74, 6) is 2.84. The highest BCUT2D eigenvalue weighted by molar-refractivity contribution is 8.00. The quantitative estimate of drug-likeness (QED) is 0.110. The van der Waals surface area contributed by atoms with Crippen LogP contribution >= 0.6 is 0 Å². The van der Waals surface area contributed by atoms with Crippen molar-refractivity contribution in [2.45, 2.75) is 90.9 Å². The van der Waals surface area contributed by atoms with Crippen LogP contribution in [0.25, 0.3) is 0 Å². The van der Waals surface area contributed by atoms with Gasteiger partial charge in [-0.3, -0.25) is 27.6 Å². The monoisotopic (exact) mass is 940 g/mol. The summed E-state index contributed by atoms with van der Waals surface area (Å²) in [6.45, 7) is 13.4. The molecule has 3 aliphatic heterocycles. The Morgan fingerprint density at radius 2 is 0.864 bits per heavy atom. The zero-order valence-corrected chi connectivity index (χ0v) is 40.9. The van der Waals surface area contributed by atoms with Crippen LogP contribution in [0.1, 0.15) is 82.7 Å². The number of aromatic nitrogens is 3. The van der Waals surface area contributed by atoms with E-state index >= 15 is 0 Å². The minimum absolute atomic E-state index is 0.375. The number of pyridine rings is 3. The third-order valence-electron chi connectivity index (χ3n) is 11.5. The topological polar surface area (TPSA) is 145 Å². The molecule has 3 aliphatic rings. The lowest BCUT2D eigenvalue weighted by Crippen LogP contribution is -2.12. The van der Waals surface area contributed by atoms with Crippen LogP contribution in [0.5, 0.6) is 11.5 Å². The number of unbranched alkanes of at least 4 members (excludes halogenated alkanes) is 1. The van der Waals surface area contributed by atoms with Gasteiger partial charge in [0.15, 0.2) is 0 Å². The molecular weight excluding hydrogens is 885 g/mol. The Kier molecular flexibility index (Phi) is 16.8. The van der Waals surface area contributed by atoms with Crippen molar-refractivity contribution < 1.29 is 22.1 Å². The third-order valence-corrected chi connectivity index (χ3v) is 15.4. The Hall–Kier alpha value is -5.83. The molecule has 3 unspecified atom stereocenters. The summed E-state index contributed by atoms with van der Waals surface area (Å²) in [6.07, 6.45) is 9.34. The van der Waals surface area contributed by atoms with E-state index in [0.717, 1.165) is 107 Å². The molecule has 6 heterocycles. The number of aryl methyl sites for hydroxylation is 1. The van der Waals surface area contributed by atoms with E-state index in [4.69, 9.17) is 9.47 Å². The summed E-state index contributed by atoms with van der Waals surface area (Å²) < 4.78 is 49.2. The zero-order chi connectivity index (χ0) is 46.6. The van der Waals surface area contributed by atoms with E-state index in [9.17, 15) is 12.6 Å². The molecular formula is C52H56N6O5S3. The van der Waals surface area contributed by atoms with Crippen molar-refractivity contribution in [2.24, 2.45) is 15.0 Å². The molecule has 0 spiro atoms. The molecule has 6 aromatic rings. The summed E-state index contributed by atoms with van der Waals surface area (Å²) in [5.41, 5.74) is 13.0. The molecule has 0 radical (unpaired) electrons. The van der Waals surface area contributed by atoms with E-state index in [-0.39, 0.29) is 0 Å². The van der Waals surface area contributed by atoms with Gasteiger partial charge < -0.3 is 9.47 Å². The fourth-order valence-corrected chi connectivity index (χ4v) is 11.0. The van der Waals surface area contributed by atoms with Gasteiger partial charge in [-0.25, -0.2) is 15.0 Å². The maximum absolute atomic E-state index is 12.7. The SMILES string of the molecule is CCCCOc1ccnc(CS(=O)C2=Nc3ccccc3C2)c1C.CCOc1ccnc(CS(=O)C2=Nc3ccccc3C2)c1C.Cc1ccnc(CS(=O)C2=Nc3ccccc3C2)c1C. The fourth-order valence-electron chi connectivity index (χ4n) is 7.37. The summed E-state index contributed by atoms with van der Waals surface area (Å²) >= 11 is 0. The fraction of sp³-hybridized carbons (Fsp3) is 0.308. The lowest BCUT2D eigenvalue weighted by molar-refractivity contribution is 0.306. The Balaban J connectivity index is 0.000000148. The normalized spacial score (nSPS) is 14.4. The molecule has 3 aromatic heterocycles. The standard InChI is InChI=1S/C19H22N2O2S.C17H18N2O2S.C16H16N2OS/c1-3-4-11-23-18-9-10-20-17(14(18)2)13-24(22)19-12-15-7-5-6-8-16(15)21-19;1-3-21-16-8-9-18-15(12(16)2)11-22(20)17-10-13-6-4-5-7-14(13)19-17;1-11-7-8-17-15(12(11)2)10-20(19)16-9-13-5-3-4-6-14(13)18-16/h5-10H,3-4,11-13H2,1-2H3;4-9H,3,10-11H2,1-2H3;3-8H,9-10H2,1-2H3. The number of para-hydroxylation sites is 3. The molecule has 9 rings (SSSR count). The van der Waals surface area contributed by atoms with Gasteiger partial charge in [-0.15, -0.1) is 0 Å². The molecule has 0 saturated heterocycles. The number of aliphatic imine (C=N–C) groups is 3. The first-order valence-electron chi connectivity index (χ1n) is 22.2. The highest BCUT2D eigenvalue weighted by Gasteiger charge is 2.23. The van der Waals surface area contributed by atoms with E-state index in [1.54, 1.807) is 18.6 Å². The van der Waals surface area contributed by atoms with Crippen LogP contribution in [0.2, 0.25) is 0 Å². The smallest absolute Gasteiger partial charge is 0.125 e. The third kappa shape index (κ3) is 12.1. The molecule has 14 heteroatoms. The van der Waals surface area contributed by atoms with Crippen LogP contribution < -0.4 is 9.47 Å². The maximum Gasteiger partial charge on any atom is 0.125 e. The van der Waals surface area contributed by atoms with Crippen LogP contribution in [-0.4, -0.2) is 55.9 Å². The zero-order valence-electron chi connectivity index (χ0n) is 38.4. The highest BCUT2D eigenvalue weighted by Crippen LogP contribution is 2.31. The van der Waals surface area contributed by atoms with Gasteiger partial charge in [-0.1, -0.05) is 67.9 Å². The van der Waals surface area contributed by atoms with Gasteiger partial charge in [0.25, 0.3) is 0 Å². The van der Waals surface area contributed by atoms with Gasteiger partial charge in [-0.05, 0) is 105 Å². The second kappa shape index (κ2) is 23.1. The van der Waals surface area contributed by atoms with Gasteiger partial charge in [-0.2, -0.15) is 0 Å².